The molecule has 0 unspecified atom stereocenters. The minimum atomic E-state index is 0.0384. The summed E-state index contributed by atoms with van der Waals surface area (Å²) in [4.78, 5) is 24.9. The van der Waals surface area contributed by atoms with Crippen molar-refractivity contribution in [1.29, 1.82) is 0 Å². The van der Waals surface area contributed by atoms with Crippen LogP contribution in [0.25, 0.3) is 32.8 Å². The molecule has 0 amide bonds. The van der Waals surface area contributed by atoms with E-state index in [4.69, 9.17) is 4.98 Å². The number of H-pyrrole nitrogens is 1. The minimum absolute atomic E-state index is 0.0384. The lowest BCUT2D eigenvalue weighted by molar-refractivity contribution is 0.819. The van der Waals surface area contributed by atoms with Gasteiger partial charge in [-0.05, 0) is 18.9 Å². The highest BCUT2D eigenvalue weighted by atomic mass is 16.1. The number of hydrogen-bond acceptors (Lipinski definition) is 3. The molecule has 1 N–H and O–H groups in total. The smallest absolute Gasteiger partial charge is 0.213 e. The highest BCUT2D eigenvalue weighted by Crippen LogP contribution is 2.41. The summed E-state index contributed by atoms with van der Waals surface area (Å²) in [7, 11) is 1.95. The molecular weight excluding hydrogens is 252 g/mol. The number of aromatic nitrogens is 4. The van der Waals surface area contributed by atoms with Gasteiger partial charge in [0.1, 0.15) is 22.5 Å². The molecule has 4 aromatic rings. The van der Waals surface area contributed by atoms with Crippen LogP contribution < -0.4 is 5.43 Å². The van der Waals surface area contributed by atoms with Crippen molar-refractivity contribution >= 4 is 32.8 Å². The first kappa shape index (κ1) is 10.4. The van der Waals surface area contributed by atoms with Gasteiger partial charge in [-0.15, -0.1) is 0 Å². The van der Waals surface area contributed by atoms with Crippen LogP contribution in [0.1, 0.15) is 24.6 Å². The summed E-state index contributed by atoms with van der Waals surface area (Å²) in [6.07, 6.45) is 5.88. The number of nitrogens with one attached hydrogen (secondary N) is 1. The maximum atomic E-state index is 12.7. The van der Waals surface area contributed by atoms with Crippen LogP contribution >= 0.6 is 0 Å². The van der Waals surface area contributed by atoms with Crippen LogP contribution in [0.3, 0.4) is 0 Å². The molecule has 0 atom stereocenters. The van der Waals surface area contributed by atoms with Crippen LogP contribution in [0.2, 0.25) is 0 Å². The van der Waals surface area contributed by atoms with Crippen LogP contribution in [0.4, 0.5) is 0 Å². The molecule has 1 aliphatic carbocycles. The quantitative estimate of drug-likeness (QED) is 0.573. The van der Waals surface area contributed by atoms with E-state index in [-0.39, 0.29) is 5.43 Å². The molecule has 5 rings (SSSR count). The van der Waals surface area contributed by atoms with Crippen molar-refractivity contribution < 1.29 is 0 Å². The molecule has 5 nitrogen and oxygen atoms in total. The third kappa shape index (κ3) is 1.07. The summed E-state index contributed by atoms with van der Waals surface area (Å²) in [5.74, 6) is 1.57. The highest BCUT2D eigenvalue weighted by molar-refractivity contribution is 6.18. The number of benzene rings is 1. The average molecular weight is 264 g/mol. The van der Waals surface area contributed by atoms with Gasteiger partial charge in [0.05, 0.1) is 5.39 Å². The van der Waals surface area contributed by atoms with Crippen molar-refractivity contribution in [3.63, 3.8) is 0 Å². The topological polar surface area (TPSA) is 63.6 Å². The van der Waals surface area contributed by atoms with Gasteiger partial charge in [-0.25, -0.2) is 9.97 Å². The molecule has 1 aromatic carbocycles. The predicted molar refractivity (Wildman–Crippen MR) is 77.3 cm³/mol. The fraction of sp³-hybridized carbons (Fsp3) is 0.267. The van der Waals surface area contributed by atoms with Crippen molar-refractivity contribution in [1.82, 2.24) is 19.5 Å². The van der Waals surface area contributed by atoms with Gasteiger partial charge in [0.25, 0.3) is 0 Å². The van der Waals surface area contributed by atoms with Crippen molar-refractivity contribution in [3.05, 3.63) is 34.5 Å². The van der Waals surface area contributed by atoms with E-state index in [2.05, 4.69) is 9.97 Å². The second-order valence-electron chi connectivity index (χ2n) is 5.62. The zero-order chi connectivity index (χ0) is 13.4. The summed E-state index contributed by atoms with van der Waals surface area (Å²) in [6.45, 7) is 0. The number of aromatic amines is 1. The van der Waals surface area contributed by atoms with Crippen molar-refractivity contribution in [3.8, 4) is 0 Å². The van der Waals surface area contributed by atoms with E-state index in [1.165, 1.54) is 12.8 Å². The zero-order valence-electron chi connectivity index (χ0n) is 11.0. The molecule has 3 heterocycles. The maximum absolute atomic E-state index is 12.7. The Morgan fingerprint density at radius 2 is 2.20 bits per heavy atom. The Labute approximate surface area is 113 Å². The Kier molecular flexibility index (Phi) is 1.65. The molecule has 0 radical (unpaired) electrons. The first-order chi connectivity index (χ1) is 9.75. The molecule has 0 aliphatic heterocycles. The molecule has 1 fully saturated rings. The van der Waals surface area contributed by atoms with E-state index < -0.39 is 0 Å². The SMILES string of the molecule is Cn1c(C2CC2)nc2c3cc[nH]c4ncc(c(=O)c21)c43. The number of hydrogen-bond donors (Lipinski definition) is 1. The second kappa shape index (κ2) is 3.17. The van der Waals surface area contributed by atoms with Crippen LogP contribution in [-0.2, 0) is 7.05 Å². The van der Waals surface area contributed by atoms with Gasteiger partial charge in [0.2, 0.25) is 5.43 Å². The fourth-order valence-corrected chi connectivity index (χ4v) is 3.22. The van der Waals surface area contributed by atoms with Crippen molar-refractivity contribution in [2.75, 3.05) is 0 Å². The number of imidazole rings is 1. The Morgan fingerprint density at radius 3 is 3.00 bits per heavy atom. The lowest BCUT2D eigenvalue weighted by atomic mass is 10.1. The molecule has 98 valence electrons. The lowest BCUT2D eigenvalue weighted by Gasteiger charge is -2.00. The monoisotopic (exact) mass is 264 g/mol. The van der Waals surface area contributed by atoms with Gasteiger partial charge in [-0.1, -0.05) is 0 Å². The van der Waals surface area contributed by atoms with E-state index in [1.807, 2.05) is 23.9 Å². The Bertz CT molecular complexity index is 1040. The standard InChI is InChI=1S/C15H12N4O/c1-19-12-11(18-15(19)7-2-3-7)8-4-5-16-14-10(8)9(6-17-14)13(12)20/h4-7H,2-3H2,1H3,(H,16,17). The number of aryl methyl sites for hydroxylation is 1. The summed E-state index contributed by atoms with van der Waals surface area (Å²) >= 11 is 0. The van der Waals surface area contributed by atoms with Gasteiger partial charge in [0.15, 0.2) is 0 Å². The third-order valence-electron chi connectivity index (χ3n) is 4.36. The highest BCUT2D eigenvalue weighted by Gasteiger charge is 2.30. The summed E-state index contributed by atoms with van der Waals surface area (Å²) < 4.78 is 1.98. The number of pyridine rings is 1. The van der Waals surface area contributed by atoms with Crippen LogP contribution in [0.15, 0.2) is 23.3 Å². The molecule has 0 saturated heterocycles. The van der Waals surface area contributed by atoms with Gasteiger partial charge in [-0.2, -0.15) is 0 Å². The lowest BCUT2D eigenvalue weighted by Crippen LogP contribution is -2.06. The molecule has 5 heteroatoms. The van der Waals surface area contributed by atoms with E-state index in [0.717, 1.165) is 27.8 Å². The number of fused-ring (bicyclic) bond motifs is 2. The third-order valence-corrected chi connectivity index (χ3v) is 4.36. The summed E-state index contributed by atoms with van der Waals surface area (Å²) in [5, 5.41) is 2.61. The largest absolute Gasteiger partial charge is 0.346 e. The number of nitrogens with zero attached hydrogens (tertiary/aromatic N) is 3. The number of rotatable bonds is 1. The second-order valence-corrected chi connectivity index (χ2v) is 5.62. The normalized spacial score (nSPS) is 15.8. The van der Waals surface area contributed by atoms with Gasteiger partial charge < -0.3 is 9.55 Å². The Morgan fingerprint density at radius 1 is 1.35 bits per heavy atom. The molecule has 3 aromatic heterocycles. The van der Waals surface area contributed by atoms with E-state index in [9.17, 15) is 4.79 Å². The Balaban J connectivity index is 2.12. The predicted octanol–water partition coefficient (Wildman–Crippen LogP) is 2.28. The van der Waals surface area contributed by atoms with Crippen molar-refractivity contribution in [2.45, 2.75) is 18.8 Å². The molecule has 20 heavy (non-hydrogen) atoms. The zero-order valence-corrected chi connectivity index (χ0v) is 11.0. The molecule has 1 aliphatic rings. The Hall–Kier alpha value is -2.43. The van der Waals surface area contributed by atoms with Crippen LogP contribution in [-0.4, -0.2) is 19.5 Å². The minimum Gasteiger partial charge on any atom is -0.346 e. The van der Waals surface area contributed by atoms with Crippen LogP contribution in [0, 0.1) is 0 Å². The van der Waals surface area contributed by atoms with Crippen LogP contribution in [0.5, 0.6) is 0 Å². The van der Waals surface area contributed by atoms with E-state index >= 15 is 0 Å². The first-order valence-electron chi connectivity index (χ1n) is 6.83. The average Bonchev–Trinajstić information content (AvgIpc) is 3.10. The maximum Gasteiger partial charge on any atom is 0.213 e. The first-order valence-corrected chi connectivity index (χ1v) is 6.83. The molecule has 0 spiro atoms. The fourth-order valence-electron chi connectivity index (χ4n) is 3.22. The molecule has 1 saturated carbocycles. The van der Waals surface area contributed by atoms with E-state index in [1.54, 1.807) is 6.20 Å². The van der Waals surface area contributed by atoms with Gasteiger partial charge in [0, 0.05) is 36.1 Å². The van der Waals surface area contributed by atoms with Crippen molar-refractivity contribution in [2.24, 2.45) is 7.05 Å². The summed E-state index contributed by atoms with van der Waals surface area (Å²) in [5.41, 5.74) is 2.32. The molecular formula is C15H12N4O. The molecule has 0 bridgehead atoms. The summed E-state index contributed by atoms with van der Waals surface area (Å²) in [6, 6.07) is 1.99. The van der Waals surface area contributed by atoms with Gasteiger partial charge >= 0.3 is 0 Å². The van der Waals surface area contributed by atoms with E-state index in [0.29, 0.717) is 16.8 Å². The van der Waals surface area contributed by atoms with Gasteiger partial charge in [-0.3, -0.25) is 4.79 Å².